The fraction of sp³-hybridized carbons (Fsp3) is 0.480. The third-order valence-electron chi connectivity index (χ3n) is 6.60. The molecule has 31 heavy (non-hydrogen) atoms. The SMILES string of the molecule is N#Cc1ccc(N2CCC(NC(=O)NC3CCCCC3Cc3ccccc3)CC2)nc1. The van der Waals surface area contributed by atoms with E-state index in [1.807, 2.05) is 6.07 Å². The summed E-state index contributed by atoms with van der Waals surface area (Å²) in [5.41, 5.74) is 1.93. The van der Waals surface area contributed by atoms with Gasteiger partial charge in [-0.1, -0.05) is 43.2 Å². The summed E-state index contributed by atoms with van der Waals surface area (Å²) in [5.74, 6) is 1.40. The molecule has 2 heterocycles. The van der Waals surface area contributed by atoms with E-state index in [0.29, 0.717) is 11.5 Å². The summed E-state index contributed by atoms with van der Waals surface area (Å²) < 4.78 is 0. The lowest BCUT2D eigenvalue weighted by molar-refractivity contribution is 0.212. The molecular weight excluding hydrogens is 386 g/mol. The van der Waals surface area contributed by atoms with Crippen LogP contribution in [0.3, 0.4) is 0 Å². The average Bonchev–Trinajstić information content (AvgIpc) is 2.82. The molecule has 2 atom stereocenters. The van der Waals surface area contributed by atoms with Crippen LogP contribution in [0.25, 0.3) is 0 Å². The van der Waals surface area contributed by atoms with Gasteiger partial charge in [-0.25, -0.2) is 9.78 Å². The number of piperidine rings is 1. The Kier molecular flexibility index (Phi) is 7.03. The average molecular weight is 418 g/mol. The zero-order chi connectivity index (χ0) is 21.5. The third kappa shape index (κ3) is 5.75. The van der Waals surface area contributed by atoms with Crippen molar-refractivity contribution in [1.82, 2.24) is 15.6 Å². The molecule has 2 amide bonds. The maximum Gasteiger partial charge on any atom is 0.315 e. The molecule has 2 unspecified atom stereocenters. The van der Waals surface area contributed by atoms with Gasteiger partial charge in [-0.3, -0.25) is 0 Å². The van der Waals surface area contributed by atoms with Gasteiger partial charge < -0.3 is 15.5 Å². The van der Waals surface area contributed by atoms with E-state index in [1.165, 1.54) is 24.8 Å². The lowest BCUT2D eigenvalue weighted by Gasteiger charge is -2.35. The first-order valence-corrected chi connectivity index (χ1v) is 11.4. The Bertz CT molecular complexity index is 884. The summed E-state index contributed by atoms with van der Waals surface area (Å²) in [6, 6.07) is 16.8. The number of amides is 2. The molecule has 4 rings (SSSR count). The number of urea groups is 1. The summed E-state index contributed by atoms with van der Waals surface area (Å²) in [6.07, 6.45) is 9.11. The lowest BCUT2D eigenvalue weighted by Crippen LogP contribution is -2.52. The van der Waals surface area contributed by atoms with E-state index in [9.17, 15) is 4.79 Å². The van der Waals surface area contributed by atoms with Crippen LogP contribution in [0.4, 0.5) is 10.6 Å². The van der Waals surface area contributed by atoms with Gasteiger partial charge in [-0.05, 0) is 55.7 Å². The number of carbonyl (C=O) groups excluding carboxylic acids is 1. The highest BCUT2D eigenvalue weighted by Gasteiger charge is 2.28. The molecule has 6 nitrogen and oxygen atoms in total. The normalized spacial score (nSPS) is 21.8. The van der Waals surface area contributed by atoms with Crippen molar-refractivity contribution in [3.8, 4) is 6.07 Å². The Labute approximate surface area is 184 Å². The van der Waals surface area contributed by atoms with E-state index in [4.69, 9.17) is 5.26 Å². The number of carbonyl (C=O) groups is 1. The first kappa shape index (κ1) is 21.2. The minimum absolute atomic E-state index is 0.0279. The van der Waals surface area contributed by atoms with Gasteiger partial charge in [0.25, 0.3) is 0 Å². The molecule has 6 heteroatoms. The van der Waals surface area contributed by atoms with E-state index in [2.05, 4.69) is 56.9 Å². The highest BCUT2D eigenvalue weighted by Crippen LogP contribution is 2.27. The molecule has 162 valence electrons. The van der Waals surface area contributed by atoms with Gasteiger partial charge in [0.15, 0.2) is 0 Å². The second-order valence-corrected chi connectivity index (χ2v) is 8.74. The van der Waals surface area contributed by atoms with Crippen molar-refractivity contribution >= 4 is 11.8 Å². The van der Waals surface area contributed by atoms with Gasteiger partial charge in [0.1, 0.15) is 11.9 Å². The minimum atomic E-state index is -0.0279. The maximum absolute atomic E-state index is 12.7. The molecule has 2 aromatic rings. The van der Waals surface area contributed by atoms with Crippen LogP contribution in [0.2, 0.25) is 0 Å². The summed E-state index contributed by atoms with van der Waals surface area (Å²) in [5, 5.41) is 15.4. The van der Waals surface area contributed by atoms with Crippen molar-refractivity contribution in [3.05, 3.63) is 59.8 Å². The Morgan fingerprint density at radius 2 is 1.81 bits per heavy atom. The van der Waals surface area contributed by atoms with Crippen LogP contribution in [0.1, 0.15) is 49.7 Å². The number of hydrogen-bond donors (Lipinski definition) is 2. The van der Waals surface area contributed by atoms with Gasteiger partial charge in [0.2, 0.25) is 0 Å². The smallest absolute Gasteiger partial charge is 0.315 e. The molecule has 0 radical (unpaired) electrons. The van der Waals surface area contributed by atoms with Gasteiger partial charge in [0, 0.05) is 31.4 Å². The van der Waals surface area contributed by atoms with E-state index < -0.39 is 0 Å². The van der Waals surface area contributed by atoms with Crippen molar-refractivity contribution in [2.75, 3.05) is 18.0 Å². The predicted octanol–water partition coefficient (Wildman–Crippen LogP) is 4.02. The molecule has 1 saturated carbocycles. The van der Waals surface area contributed by atoms with Crippen molar-refractivity contribution < 1.29 is 4.79 Å². The van der Waals surface area contributed by atoms with Gasteiger partial charge >= 0.3 is 6.03 Å². The number of pyridine rings is 1. The molecule has 0 bridgehead atoms. The van der Waals surface area contributed by atoms with Crippen LogP contribution < -0.4 is 15.5 Å². The Balaban J connectivity index is 1.25. The molecule has 2 N–H and O–H groups in total. The second-order valence-electron chi connectivity index (χ2n) is 8.74. The second kappa shape index (κ2) is 10.3. The summed E-state index contributed by atoms with van der Waals surface area (Å²) in [7, 11) is 0. The number of benzene rings is 1. The van der Waals surface area contributed by atoms with Crippen molar-refractivity contribution in [3.63, 3.8) is 0 Å². The number of anilines is 1. The number of hydrogen-bond acceptors (Lipinski definition) is 4. The zero-order valence-electron chi connectivity index (χ0n) is 18.0. The largest absolute Gasteiger partial charge is 0.356 e. The summed E-state index contributed by atoms with van der Waals surface area (Å²) in [4.78, 5) is 19.3. The van der Waals surface area contributed by atoms with Crippen molar-refractivity contribution in [1.29, 1.82) is 5.26 Å². The fourth-order valence-corrected chi connectivity index (χ4v) is 4.85. The van der Waals surface area contributed by atoms with E-state index in [1.54, 1.807) is 12.3 Å². The topological polar surface area (TPSA) is 81.0 Å². The first-order valence-electron chi connectivity index (χ1n) is 11.4. The summed E-state index contributed by atoms with van der Waals surface area (Å²) >= 11 is 0. The number of nitrogens with zero attached hydrogens (tertiary/aromatic N) is 3. The van der Waals surface area contributed by atoms with Crippen LogP contribution in [-0.4, -0.2) is 36.2 Å². The van der Waals surface area contributed by atoms with E-state index >= 15 is 0 Å². The Morgan fingerprint density at radius 1 is 1.03 bits per heavy atom. The molecule has 1 aliphatic carbocycles. The maximum atomic E-state index is 12.7. The van der Waals surface area contributed by atoms with Gasteiger partial charge in [-0.2, -0.15) is 5.26 Å². The van der Waals surface area contributed by atoms with E-state index in [0.717, 1.165) is 44.6 Å². The zero-order valence-corrected chi connectivity index (χ0v) is 18.0. The Hall–Kier alpha value is -3.07. The highest BCUT2D eigenvalue weighted by molar-refractivity contribution is 5.74. The quantitative estimate of drug-likeness (QED) is 0.770. The van der Waals surface area contributed by atoms with Crippen LogP contribution in [-0.2, 0) is 6.42 Å². The monoisotopic (exact) mass is 417 g/mol. The molecule has 1 aliphatic heterocycles. The molecule has 1 aromatic carbocycles. The van der Waals surface area contributed by atoms with E-state index in [-0.39, 0.29) is 18.1 Å². The van der Waals surface area contributed by atoms with Crippen molar-refractivity contribution in [2.24, 2.45) is 5.92 Å². The molecule has 1 saturated heterocycles. The molecule has 0 spiro atoms. The van der Waals surface area contributed by atoms with Gasteiger partial charge in [-0.15, -0.1) is 0 Å². The number of nitrogens with one attached hydrogen (secondary N) is 2. The Morgan fingerprint density at radius 3 is 2.52 bits per heavy atom. The molecule has 1 aromatic heterocycles. The van der Waals surface area contributed by atoms with Crippen molar-refractivity contribution in [2.45, 2.75) is 57.0 Å². The third-order valence-corrected chi connectivity index (χ3v) is 6.60. The molecule has 2 fully saturated rings. The van der Waals surface area contributed by atoms with Gasteiger partial charge in [0.05, 0.1) is 5.56 Å². The number of nitriles is 1. The summed E-state index contributed by atoms with van der Waals surface area (Å²) in [6.45, 7) is 1.70. The number of aromatic nitrogens is 1. The lowest BCUT2D eigenvalue weighted by atomic mass is 9.81. The molecule has 2 aliphatic rings. The van der Waals surface area contributed by atoms with Crippen LogP contribution in [0, 0.1) is 17.2 Å². The molecular formula is C25H31N5O. The highest BCUT2D eigenvalue weighted by atomic mass is 16.2. The van der Waals surface area contributed by atoms with Crippen LogP contribution in [0.15, 0.2) is 48.7 Å². The van der Waals surface area contributed by atoms with Crippen LogP contribution in [0.5, 0.6) is 0 Å². The minimum Gasteiger partial charge on any atom is -0.356 e. The van der Waals surface area contributed by atoms with Crippen LogP contribution >= 0.6 is 0 Å². The predicted molar refractivity (Wildman–Crippen MR) is 122 cm³/mol. The standard InChI is InChI=1S/C25H31N5O/c26-17-20-10-11-24(27-18-20)30-14-12-22(13-15-30)28-25(31)29-23-9-5-4-8-21(23)16-19-6-2-1-3-7-19/h1-3,6-7,10-11,18,21-23H,4-5,8-9,12-16H2,(H2,28,29,31). The number of rotatable bonds is 5. The fourth-order valence-electron chi connectivity index (χ4n) is 4.85. The first-order chi connectivity index (χ1) is 15.2.